The lowest BCUT2D eigenvalue weighted by Gasteiger charge is -1.95. The molecule has 0 amide bonds. The van der Waals surface area contributed by atoms with Crippen molar-refractivity contribution in [1.29, 1.82) is 0 Å². The molecule has 0 aliphatic rings. The third-order valence-electron chi connectivity index (χ3n) is 1.72. The number of carbonyl (C=O) groups is 1. The van der Waals surface area contributed by atoms with Gasteiger partial charge in [0.25, 0.3) is 11.7 Å². The lowest BCUT2D eigenvalue weighted by atomic mass is 10.2. The van der Waals surface area contributed by atoms with Gasteiger partial charge in [-0.1, -0.05) is 12.1 Å². The van der Waals surface area contributed by atoms with Gasteiger partial charge in [-0.05, 0) is 33.2 Å². The molecule has 5 nitrogen and oxygen atoms in total. The van der Waals surface area contributed by atoms with Crippen LogP contribution in [-0.2, 0) is 0 Å². The first kappa shape index (κ1) is 9.85. The van der Waals surface area contributed by atoms with Crippen LogP contribution < -0.4 is 0 Å². The van der Waals surface area contributed by atoms with E-state index in [1.54, 1.807) is 18.2 Å². The van der Waals surface area contributed by atoms with Gasteiger partial charge in [0.2, 0.25) is 0 Å². The van der Waals surface area contributed by atoms with Crippen LogP contribution in [0.2, 0.25) is 0 Å². The Hall–Kier alpha value is -1.69. The summed E-state index contributed by atoms with van der Waals surface area (Å²) in [5, 5.41) is 11.9. The Morgan fingerprint density at radius 2 is 2.13 bits per heavy atom. The van der Waals surface area contributed by atoms with Crippen LogP contribution in [0.5, 0.6) is 0 Å². The molecule has 0 atom stereocenters. The zero-order chi connectivity index (χ0) is 10.8. The molecule has 1 N–H and O–H groups in total. The van der Waals surface area contributed by atoms with Crippen LogP contribution in [0.3, 0.4) is 0 Å². The summed E-state index contributed by atoms with van der Waals surface area (Å²) in [5.74, 6) is -1.38. The van der Waals surface area contributed by atoms with Gasteiger partial charge in [-0.15, -0.1) is 0 Å². The van der Waals surface area contributed by atoms with Crippen LogP contribution in [0.15, 0.2) is 33.3 Å². The molecular weight excluding hydrogens is 264 g/mol. The lowest BCUT2D eigenvalue weighted by Crippen LogP contribution is -1.98. The van der Waals surface area contributed by atoms with Crippen LogP contribution >= 0.6 is 15.9 Å². The van der Waals surface area contributed by atoms with Crippen LogP contribution in [0.1, 0.15) is 10.6 Å². The van der Waals surface area contributed by atoms with E-state index in [9.17, 15) is 4.79 Å². The Morgan fingerprint density at radius 3 is 2.73 bits per heavy atom. The number of hydrogen-bond acceptors (Lipinski definition) is 4. The molecule has 0 saturated heterocycles. The molecule has 0 unspecified atom stereocenters. The van der Waals surface area contributed by atoms with E-state index in [-0.39, 0.29) is 11.7 Å². The molecule has 0 spiro atoms. The number of hydrogen-bond donors (Lipinski definition) is 1. The summed E-state index contributed by atoms with van der Waals surface area (Å²) in [4.78, 5) is 14.3. The van der Waals surface area contributed by atoms with Gasteiger partial charge in [-0.25, -0.2) is 4.79 Å². The zero-order valence-corrected chi connectivity index (χ0v) is 8.93. The molecule has 1 aromatic heterocycles. The van der Waals surface area contributed by atoms with E-state index in [1.165, 1.54) is 0 Å². The fourth-order valence-electron chi connectivity index (χ4n) is 1.05. The van der Waals surface area contributed by atoms with Crippen LogP contribution in [-0.4, -0.2) is 21.2 Å². The van der Waals surface area contributed by atoms with Crippen LogP contribution in [0, 0.1) is 0 Å². The second-order valence-electron chi connectivity index (χ2n) is 2.71. The molecule has 6 heteroatoms. The number of nitrogens with zero attached hydrogens (tertiary/aromatic N) is 2. The minimum atomic E-state index is -1.21. The minimum absolute atomic E-state index is 0.180. The van der Waals surface area contributed by atoms with Crippen LogP contribution in [0.4, 0.5) is 0 Å². The van der Waals surface area contributed by atoms with Gasteiger partial charge in [-0.2, -0.15) is 4.98 Å². The number of aromatic nitrogens is 2. The Morgan fingerprint density at radius 1 is 1.40 bits per heavy atom. The predicted molar refractivity (Wildman–Crippen MR) is 54.4 cm³/mol. The number of benzene rings is 1. The third kappa shape index (κ3) is 1.89. The number of carboxylic acid groups (broad SMARTS) is 1. The smallest absolute Gasteiger partial charge is 0.377 e. The van der Waals surface area contributed by atoms with E-state index in [1.807, 2.05) is 6.07 Å². The molecule has 15 heavy (non-hydrogen) atoms. The molecule has 2 aromatic rings. The van der Waals surface area contributed by atoms with Crippen molar-refractivity contribution in [3.63, 3.8) is 0 Å². The fourth-order valence-corrected chi connectivity index (χ4v) is 1.51. The highest BCUT2D eigenvalue weighted by Crippen LogP contribution is 2.26. The summed E-state index contributed by atoms with van der Waals surface area (Å²) in [7, 11) is 0. The maximum absolute atomic E-state index is 10.5. The van der Waals surface area contributed by atoms with Crippen molar-refractivity contribution in [3.05, 3.63) is 34.6 Å². The number of rotatable bonds is 2. The molecule has 76 valence electrons. The quantitative estimate of drug-likeness (QED) is 0.904. The van der Waals surface area contributed by atoms with E-state index in [0.717, 1.165) is 4.47 Å². The summed E-state index contributed by atoms with van der Waals surface area (Å²) in [6.07, 6.45) is 0. The molecule has 0 bridgehead atoms. The van der Waals surface area contributed by atoms with Crippen molar-refractivity contribution in [2.45, 2.75) is 0 Å². The highest BCUT2D eigenvalue weighted by molar-refractivity contribution is 9.10. The standard InChI is InChI=1S/C9H5BrN2O3/c10-6-4-2-1-3-5(6)8-11-7(9(13)14)12-15-8/h1-4H,(H,13,14). The molecule has 0 aliphatic heterocycles. The van der Waals surface area contributed by atoms with Gasteiger partial charge in [-0.3, -0.25) is 0 Å². The Bertz CT molecular complexity index is 510. The predicted octanol–water partition coefficient (Wildman–Crippen LogP) is 2.20. The second kappa shape index (κ2) is 3.82. The van der Waals surface area contributed by atoms with Gasteiger partial charge in [0.05, 0.1) is 5.56 Å². The van der Waals surface area contributed by atoms with Crippen molar-refractivity contribution < 1.29 is 14.4 Å². The first-order valence-electron chi connectivity index (χ1n) is 4.00. The first-order valence-corrected chi connectivity index (χ1v) is 4.79. The summed E-state index contributed by atoms with van der Waals surface area (Å²) in [6.45, 7) is 0. The average Bonchev–Trinajstić information content (AvgIpc) is 2.67. The maximum Gasteiger partial charge on any atom is 0.377 e. The monoisotopic (exact) mass is 268 g/mol. The minimum Gasteiger partial charge on any atom is -0.475 e. The van der Waals surface area contributed by atoms with E-state index in [0.29, 0.717) is 5.56 Å². The molecule has 2 rings (SSSR count). The van der Waals surface area contributed by atoms with Crippen molar-refractivity contribution in [2.75, 3.05) is 0 Å². The van der Waals surface area contributed by atoms with Crippen LogP contribution in [0.25, 0.3) is 11.5 Å². The largest absolute Gasteiger partial charge is 0.475 e. The summed E-state index contributed by atoms with van der Waals surface area (Å²) >= 11 is 3.30. The van der Waals surface area contributed by atoms with E-state index >= 15 is 0 Å². The summed E-state index contributed by atoms with van der Waals surface area (Å²) in [5.41, 5.74) is 0.664. The maximum atomic E-state index is 10.5. The lowest BCUT2D eigenvalue weighted by molar-refractivity contribution is 0.0680. The first-order chi connectivity index (χ1) is 7.18. The SMILES string of the molecule is O=C(O)c1noc(-c2ccccc2Br)n1. The Balaban J connectivity index is 2.46. The van der Waals surface area contributed by atoms with Gasteiger partial charge in [0.15, 0.2) is 0 Å². The normalized spacial score (nSPS) is 10.2. The molecule has 0 aliphatic carbocycles. The van der Waals surface area contributed by atoms with E-state index in [2.05, 4.69) is 26.1 Å². The topological polar surface area (TPSA) is 76.2 Å². The van der Waals surface area contributed by atoms with Crippen molar-refractivity contribution in [1.82, 2.24) is 10.1 Å². The number of carboxylic acids is 1. The summed E-state index contributed by atoms with van der Waals surface area (Å²) < 4.78 is 5.59. The van der Waals surface area contributed by atoms with Crippen molar-refractivity contribution >= 4 is 21.9 Å². The molecule has 1 aromatic carbocycles. The van der Waals surface area contributed by atoms with Gasteiger partial charge in [0, 0.05) is 4.47 Å². The number of halogens is 1. The van der Waals surface area contributed by atoms with E-state index < -0.39 is 5.97 Å². The Kier molecular flexibility index (Phi) is 2.51. The second-order valence-corrected chi connectivity index (χ2v) is 3.56. The molecule has 1 heterocycles. The van der Waals surface area contributed by atoms with Gasteiger partial charge >= 0.3 is 5.97 Å². The molecule has 0 radical (unpaired) electrons. The van der Waals surface area contributed by atoms with E-state index in [4.69, 9.17) is 9.63 Å². The Labute approximate surface area is 92.9 Å². The van der Waals surface area contributed by atoms with Gasteiger partial charge in [0.1, 0.15) is 0 Å². The molecule has 0 fully saturated rings. The number of aromatic carboxylic acids is 1. The van der Waals surface area contributed by atoms with Crippen molar-refractivity contribution in [3.8, 4) is 11.5 Å². The van der Waals surface area contributed by atoms with Gasteiger partial charge < -0.3 is 9.63 Å². The highest BCUT2D eigenvalue weighted by atomic mass is 79.9. The van der Waals surface area contributed by atoms with Crippen molar-refractivity contribution in [2.24, 2.45) is 0 Å². The molecular formula is C9H5BrN2O3. The highest BCUT2D eigenvalue weighted by Gasteiger charge is 2.15. The average molecular weight is 269 g/mol. The fraction of sp³-hybridized carbons (Fsp3) is 0. The molecule has 0 saturated carbocycles. The third-order valence-corrected chi connectivity index (χ3v) is 2.41. The summed E-state index contributed by atoms with van der Waals surface area (Å²) in [6, 6.07) is 7.19. The zero-order valence-electron chi connectivity index (χ0n) is 7.35.